The third-order valence-electron chi connectivity index (χ3n) is 4.60. The summed E-state index contributed by atoms with van der Waals surface area (Å²) in [6.45, 7) is 2.76. The predicted molar refractivity (Wildman–Crippen MR) is 107 cm³/mol. The van der Waals surface area contributed by atoms with Crippen molar-refractivity contribution in [3.8, 4) is 5.75 Å². The molecule has 142 valence electrons. The number of para-hydroxylation sites is 1. The second kappa shape index (κ2) is 9.46. The van der Waals surface area contributed by atoms with Crippen LogP contribution in [-0.2, 0) is 4.79 Å². The molecule has 6 heteroatoms. The molecule has 0 N–H and O–H groups in total. The second-order valence-electron chi connectivity index (χ2n) is 6.46. The molecule has 1 heterocycles. The molecule has 2 aromatic carbocycles. The molecule has 0 bridgehead atoms. The lowest BCUT2D eigenvalue weighted by molar-refractivity contribution is -0.132. The number of hydrogen-bond donors (Lipinski definition) is 1. The van der Waals surface area contributed by atoms with E-state index < -0.39 is 0 Å². The number of nitrogens with zero attached hydrogens (tertiary/aromatic N) is 2. The lowest BCUT2D eigenvalue weighted by Gasteiger charge is -2.35. The number of hydrogen-bond acceptors (Lipinski definition) is 4. The molecule has 3 rings (SSSR count). The zero-order valence-electron chi connectivity index (χ0n) is 15.2. The fourth-order valence-corrected chi connectivity index (χ4v) is 3.33. The van der Waals surface area contributed by atoms with E-state index in [1.165, 1.54) is 0 Å². The summed E-state index contributed by atoms with van der Waals surface area (Å²) in [5.41, 5.74) is 0.610. The van der Waals surface area contributed by atoms with Gasteiger partial charge in [-0.15, -0.1) is 12.6 Å². The summed E-state index contributed by atoms with van der Waals surface area (Å²) >= 11 is 4.36. The van der Waals surface area contributed by atoms with Crippen molar-refractivity contribution in [2.45, 2.75) is 17.7 Å². The van der Waals surface area contributed by atoms with Crippen molar-refractivity contribution in [3.05, 3.63) is 60.2 Å². The third-order valence-corrected chi connectivity index (χ3v) is 4.99. The molecule has 0 atom stereocenters. The summed E-state index contributed by atoms with van der Waals surface area (Å²) in [6, 6.07) is 16.9. The molecule has 0 aliphatic carbocycles. The van der Waals surface area contributed by atoms with Crippen LogP contribution in [0.15, 0.2) is 59.5 Å². The van der Waals surface area contributed by atoms with Gasteiger partial charge in [0.15, 0.2) is 0 Å². The highest BCUT2D eigenvalue weighted by Crippen LogP contribution is 2.17. The zero-order chi connectivity index (χ0) is 19.1. The molecule has 0 radical (unpaired) electrons. The highest BCUT2D eigenvalue weighted by Gasteiger charge is 2.25. The molecule has 1 aliphatic heterocycles. The number of carbonyl (C=O) groups is 2. The molecule has 1 fully saturated rings. The van der Waals surface area contributed by atoms with Crippen molar-refractivity contribution in [2.75, 3.05) is 32.8 Å². The summed E-state index contributed by atoms with van der Waals surface area (Å²) in [4.78, 5) is 29.3. The van der Waals surface area contributed by atoms with E-state index in [2.05, 4.69) is 12.6 Å². The topological polar surface area (TPSA) is 49.9 Å². The molecule has 27 heavy (non-hydrogen) atoms. The Morgan fingerprint density at radius 1 is 0.889 bits per heavy atom. The standard InChI is InChI=1S/C21H24N2O3S/c24-20(11-6-16-26-17-7-2-1-3-8-17)22-12-14-23(15-13-22)21(25)18-9-4-5-10-19(18)27/h1-5,7-10,27H,6,11-16H2. The zero-order valence-corrected chi connectivity index (χ0v) is 16.1. The van der Waals surface area contributed by atoms with E-state index in [1.54, 1.807) is 11.0 Å². The summed E-state index contributed by atoms with van der Waals surface area (Å²) in [5, 5.41) is 0. The van der Waals surface area contributed by atoms with E-state index in [1.807, 2.05) is 53.4 Å². The Balaban J connectivity index is 1.40. The van der Waals surface area contributed by atoms with Crippen LogP contribution in [0.25, 0.3) is 0 Å². The maximum Gasteiger partial charge on any atom is 0.255 e. The minimum Gasteiger partial charge on any atom is -0.494 e. The van der Waals surface area contributed by atoms with E-state index in [0.29, 0.717) is 56.1 Å². The van der Waals surface area contributed by atoms with Crippen molar-refractivity contribution in [1.29, 1.82) is 0 Å². The van der Waals surface area contributed by atoms with Crippen LogP contribution in [0.1, 0.15) is 23.2 Å². The van der Waals surface area contributed by atoms with Crippen molar-refractivity contribution >= 4 is 24.4 Å². The number of piperazine rings is 1. The Labute approximate surface area is 165 Å². The molecule has 0 aromatic heterocycles. The third kappa shape index (κ3) is 5.26. The minimum absolute atomic E-state index is 0.0241. The lowest BCUT2D eigenvalue weighted by Crippen LogP contribution is -2.50. The van der Waals surface area contributed by atoms with Crippen molar-refractivity contribution in [2.24, 2.45) is 0 Å². The average Bonchev–Trinajstić information content (AvgIpc) is 2.72. The second-order valence-corrected chi connectivity index (χ2v) is 6.94. The van der Waals surface area contributed by atoms with Gasteiger partial charge in [-0.1, -0.05) is 30.3 Å². The number of thiol groups is 1. The fourth-order valence-electron chi connectivity index (χ4n) is 3.07. The number of carbonyl (C=O) groups excluding carboxylic acids is 2. The van der Waals surface area contributed by atoms with Crippen LogP contribution < -0.4 is 4.74 Å². The maximum absolute atomic E-state index is 12.6. The van der Waals surface area contributed by atoms with Crippen molar-refractivity contribution in [1.82, 2.24) is 9.80 Å². The number of benzene rings is 2. The number of ether oxygens (including phenoxy) is 1. The highest BCUT2D eigenvalue weighted by molar-refractivity contribution is 7.80. The van der Waals surface area contributed by atoms with Gasteiger partial charge in [0, 0.05) is 37.5 Å². The van der Waals surface area contributed by atoms with Gasteiger partial charge in [0.25, 0.3) is 5.91 Å². The largest absolute Gasteiger partial charge is 0.494 e. The number of amides is 2. The van der Waals surface area contributed by atoms with Crippen LogP contribution in [0.5, 0.6) is 5.75 Å². The van der Waals surface area contributed by atoms with Crippen LogP contribution in [0.2, 0.25) is 0 Å². The Morgan fingerprint density at radius 3 is 2.22 bits per heavy atom. The summed E-state index contributed by atoms with van der Waals surface area (Å²) in [7, 11) is 0. The van der Waals surface area contributed by atoms with Crippen LogP contribution in [-0.4, -0.2) is 54.4 Å². The van der Waals surface area contributed by atoms with Crippen LogP contribution in [0.4, 0.5) is 0 Å². The number of rotatable bonds is 6. The van der Waals surface area contributed by atoms with E-state index in [4.69, 9.17) is 4.74 Å². The first kappa shape index (κ1) is 19.3. The molecule has 2 amide bonds. The molecular formula is C21H24N2O3S. The van der Waals surface area contributed by atoms with Crippen molar-refractivity contribution < 1.29 is 14.3 Å². The van der Waals surface area contributed by atoms with Gasteiger partial charge in [-0.2, -0.15) is 0 Å². The molecule has 1 aliphatic rings. The predicted octanol–water partition coefficient (Wildman–Crippen LogP) is 3.12. The Morgan fingerprint density at radius 2 is 1.52 bits per heavy atom. The Kier molecular flexibility index (Phi) is 6.76. The van der Waals surface area contributed by atoms with Gasteiger partial charge >= 0.3 is 0 Å². The Bertz CT molecular complexity index is 774. The molecule has 0 unspecified atom stereocenters. The first-order chi connectivity index (χ1) is 13.1. The molecular weight excluding hydrogens is 360 g/mol. The summed E-state index contributed by atoms with van der Waals surface area (Å²) in [5.74, 6) is 0.916. The molecule has 0 saturated carbocycles. The van der Waals surface area contributed by atoms with Gasteiger partial charge in [0.1, 0.15) is 5.75 Å². The van der Waals surface area contributed by atoms with E-state index >= 15 is 0 Å². The van der Waals surface area contributed by atoms with E-state index in [-0.39, 0.29) is 11.8 Å². The van der Waals surface area contributed by atoms with Gasteiger partial charge < -0.3 is 14.5 Å². The average molecular weight is 385 g/mol. The lowest BCUT2D eigenvalue weighted by atomic mass is 10.1. The van der Waals surface area contributed by atoms with E-state index in [9.17, 15) is 9.59 Å². The molecule has 5 nitrogen and oxygen atoms in total. The maximum atomic E-state index is 12.6. The van der Waals surface area contributed by atoms with Gasteiger partial charge in [-0.3, -0.25) is 9.59 Å². The van der Waals surface area contributed by atoms with Crippen molar-refractivity contribution in [3.63, 3.8) is 0 Å². The minimum atomic E-state index is -0.0241. The first-order valence-corrected chi connectivity index (χ1v) is 9.63. The quantitative estimate of drug-likeness (QED) is 0.615. The van der Waals surface area contributed by atoms with Crippen LogP contribution in [0, 0.1) is 0 Å². The summed E-state index contributed by atoms with van der Waals surface area (Å²) < 4.78 is 5.62. The van der Waals surface area contributed by atoms with Gasteiger partial charge in [-0.05, 0) is 30.7 Å². The van der Waals surface area contributed by atoms with Gasteiger partial charge in [0.2, 0.25) is 5.91 Å². The normalized spacial score (nSPS) is 14.1. The van der Waals surface area contributed by atoms with Crippen LogP contribution in [0.3, 0.4) is 0 Å². The van der Waals surface area contributed by atoms with Crippen LogP contribution >= 0.6 is 12.6 Å². The Hall–Kier alpha value is -2.47. The highest BCUT2D eigenvalue weighted by atomic mass is 32.1. The monoisotopic (exact) mass is 384 g/mol. The smallest absolute Gasteiger partial charge is 0.255 e. The molecule has 1 saturated heterocycles. The SMILES string of the molecule is O=C(CCCOc1ccccc1)N1CCN(C(=O)c2ccccc2S)CC1. The van der Waals surface area contributed by atoms with Gasteiger partial charge in [-0.25, -0.2) is 0 Å². The fraction of sp³-hybridized carbons (Fsp3) is 0.333. The molecule has 2 aromatic rings. The van der Waals surface area contributed by atoms with Gasteiger partial charge in [0.05, 0.1) is 12.2 Å². The van der Waals surface area contributed by atoms with E-state index in [0.717, 1.165) is 5.75 Å². The summed E-state index contributed by atoms with van der Waals surface area (Å²) in [6.07, 6.45) is 1.14. The first-order valence-electron chi connectivity index (χ1n) is 9.18. The molecule has 0 spiro atoms.